The topological polar surface area (TPSA) is 99.3 Å². The molecule has 1 rings (SSSR count). The molecule has 1 unspecified atom stereocenters. The molecule has 0 saturated carbocycles. The minimum Gasteiger partial charge on any atom is -0.389 e. The van der Waals surface area contributed by atoms with Gasteiger partial charge in [0.05, 0.1) is 10.5 Å². The number of aromatic amines is 1. The summed E-state index contributed by atoms with van der Waals surface area (Å²) < 4.78 is 26.0. The summed E-state index contributed by atoms with van der Waals surface area (Å²) in [6.07, 6.45) is 1.46. The van der Waals surface area contributed by atoms with Gasteiger partial charge in [-0.15, -0.1) is 0 Å². The second-order valence-electron chi connectivity index (χ2n) is 4.19. The van der Waals surface area contributed by atoms with Gasteiger partial charge in [-0.25, -0.2) is 13.1 Å². The molecule has 0 aliphatic carbocycles. The van der Waals surface area contributed by atoms with Crippen molar-refractivity contribution in [1.82, 2.24) is 9.71 Å². The first-order chi connectivity index (χ1) is 8.18. The molecule has 0 spiro atoms. The third kappa shape index (κ3) is 3.81. The van der Waals surface area contributed by atoms with Crippen LogP contribution in [0.5, 0.6) is 0 Å². The Morgan fingerprint density at radius 3 is 2.67 bits per heavy atom. The monoisotopic (exact) mass is 294 g/mol. The SMILES string of the molecule is CCC(C)(O)CNS(=O)(=O)c1c[nH]c(=O)c(Cl)c1. The first kappa shape index (κ1) is 15.2. The number of aromatic nitrogens is 1. The Labute approximate surface area is 110 Å². The Bertz CT molecular complexity index is 580. The molecule has 1 aromatic heterocycles. The fraction of sp³-hybridized carbons (Fsp3) is 0.500. The number of sulfonamides is 1. The summed E-state index contributed by atoms with van der Waals surface area (Å²) in [6, 6.07) is 1.06. The fourth-order valence-electron chi connectivity index (χ4n) is 1.05. The van der Waals surface area contributed by atoms with Crippen molar-refractivity contribution < 1.29 is 13.5 Å². The Hall–Kier alpha value is -0.890. The van der Waals surface area contributed by atoms with Crippen LogP contribution in [-0.2, 0) is 10.0 Å². The predicted molar refractivity (Wildman–Crippen MR) is 68.2 cm³/mol. The lowest BCUT2D eigenvalue weighted by Gasteiger charge is -2.21. The number of aliphatic hydroxyl groups is 1. The number of hydrogen-bond acceptors (Lipinski definition) is 4. The van der Waals surface area contributed by atoms with E-state index in [1.165, 1.54) is 6.92 Å². The first-order valence-electron chi connectivity index (χ1n) is 5.28. The van der Waals surface area contributed by atoms with Gasteiger partial charge in [-0.2, -0.15) is 0 Å². The summed E-state index contributed by atoms with van der Waals surface area (Å²) in [5.41, 5.74) is -1.69. The molecule has 0 amide bonds. The summed E-state index contributed by atoms with van der Waals surface area (Å²) in [7, 11) is -3.81. The van der Waals surface area contributed by atoms with Crippen molar-refractivity contribution in [3.63, 3.8) is 0 Å². The van der Waals surface area contributed by atoms with E-state index < -0.39 is 21.2 Å². The summed E-state index contributed by atoms with van der Waals surface area (Å²) >= 11 is 5.55. The maximum absolute atomic E-state index is 11.9. The molecule has 1 heterocycles. The molecule has 6 nitrogen and oxygen atoms in total. The Morgan fingerprint density at radius 1 is 1.56 bits per heavy atom. The fourth-order valence-corrected chi connectivity index (χ4v) is 2.44. The third-order valence-corrected chi connectivity index (χ3v) is 4.21. The van der Waals surface area contributed by atoms with Crippen LogP contribution in [0.4, 0.5) is 0 Å². The van der Waals surface area contributed by atoms with Crippen molar-refractivity contribution in [3.05, 3.63) is 27.6 Å². The molecular weight excluding hydrogens is 280 g/mol. The van der Waals surface area contributed by atoms with Crippen molar-refractivity contribution >= 4 is 21.6 Å². The second-order valence-corrected chi connectivity index (χ2v) is 6.36. The molecule has 3 N–H and O–H groups in total. The lowest BCUT2D eigenvalue weighted by molar-refractivity contribution is 0.0613. The third-order valence-electron chi connectivity index (χ3n) is 2.55. The first-order valence-corrected chi connectivity index (χ1v) is 7.14. The van der Waals surface area contributed by atoms with Crippen molar-refractivity contribution in [2.75, 3.05) is 6.54 Å². The molecule has 0 aromatic carbocycles. The van der Waals surface area contributed by atoms with Gasteiger partial charge in [0.1, 0.15) is 5.02 Å². The van der Waals surface area contributed by atoms with Gasteiger partial charge in [0.15, 0.2) is 0 Å². The highest BCUT2D eigenvalue weighted by Gasteiger charge is 2.22. The number of hydrogen-bond donors (Lipinski definition) is 3. The number of halogens is 1. The molecular formula is C10H15ClN2O4S. The molecule has 0 saturated heterocycles. The normalized spacial score (nSPS) is 15.3. The van der Waals surface area contributed by atoms with Crippen LogP contribution in [0.15, 0.2) is 22.0 Å². The van der Waals surface area contributed by atoms with Crippen LogP contribution in [0.2, 0.25) is 5.02 Å². The van der Waals surface area contributed by atoms with Crippen molar-refractivity contribution in [2.24, 2.45) is 0 Å². The predicted octanol–water partition coefficient (Wildman–Crippen LogP) is 0.468. The number of rotatable bonds is 5. The van der Waals surface area contributed by atoms with E-state index in [4.69, 9.17) is 11.6 Å². The molecule has 18 heavy (non-hydrogen) atoms. The zero-order valence-corrected chi connectivity index (χ0v) is 11.6. The van der Waals surface area contributed by atoms with E-state index >= 15 is 0 Å². The Kier molecular flexibility index (Phi) is 4.55. The van der Waals surface area contributed by atoms with Gasteiger partial charge in [0.2, 0.25) is 10.0 Å². The van der Waals surface area contributed by atoms with E-state index in [0.717, 1.165) is 12.3 Å². The van der Waals surface area contributed by atoms with Gasteiger partial charge in [-0.05, 0) is 19.4 Å². The van der Waals surface area contributed by atoms with Crippen LogP contribution in [0.1, 0.15) is 20.3 Å². The van der Waals surface area contributed by atoms with E-state index in [1.54, 1.807) is 6.92 Å². The summed E-state index contributed by atoms with van der Waals surface area (Å²) in [4.78, 5) is 13.1. The van der Waals surface area contributed by atoms with Gasteiger partial charge >= 0.3 is 0 Å². The average molecular weight is 295 g/mol. The summed E-state index contributed by atoms with van der Waals surface area (Å²) in [5, 5.41) is 9.51. The van der Waals surface area contributed by atoms with Crippen molar-refractivity contribution in [3.8, 4) is 0 Å². The molecule has 1 aromatic rings. The molecule has 102 valence electrons. The zero-order chi connectivity index (χ0) is 14.0. The largest absolute Gasteiger partial charge is 0.389 e. The van der Waals surface area contributed by atoms with Crippen molar-refractivity contribution in [2.45, 2.75) is 30.8 Å². The maximum Gasteiger partial charge on any atom is 0.266 e. The van der Waals surface area contributed by atoms with E-state index in [1.807, 2.05) is 0 Å². The molecule has 0 aliphatic rings. The minimum absolute atomic E-state index is 0.122. The molecule has 1 atom stereocenters. The van der Waals surface area contributed by atoms with Crippen LogP contribution in [0.25, 0.3) is 0 Å². The Morgan fingerprint density at radius 2 is 2.17 bits per heavy atom. The average Bonchev–Trinajstić information content (AvgIpc) is 2.30. The van der Waals surface area contributed by atoms with Crippen LogP contribution in [0.3, 0.4) is 0 Å². The minimum atomic E-state index is -3.81. The number of pyridine rings is 1. The van der Waals surface area contributed by atoms with E-state index in [0.29, 0.717) is 6.42 Å². The molecule has 8 heteroatoms. The van der Waals surface area contributed by atoms with Gasteiger partial charge < -0.3 is 10.1 Å². The van der Waals surface area contributed by atoms with Gasteiger partial charge in [0, 0.05) is 12.7 Å². The van der Waals surface area contributed by atoms with Crippen molar-refractivity contribution in [1.29, 1.82) is 0 Å². The quantitative estimate of drug-likeness (QED) is 0.735. The zero-order valence-electron chi connectivity index (χ0n) is 10.0. The van der Waals surface area contributed by atoms with Crippen LogP contribution in [-0.4, -0.2) is 30.7 Å². The second kappa shape index (κ2) is 5.40. The number of nitrogens with one attached hydrogen (secondary N) is 2. The van der Waals surface area contributed by atoms with Gasteiger partial charge in [-0.3, -0.25) is 4.79 Å². The molecule has 0 radical (unpaired) electrons. The Balaban J connectivity index is 2.94. The lowest BCUT2D eigenvalue weighted by Crippen LogP contribution is -2.40. The molecule has 0 fully saturated rings. The van der Waals surface area contributed by atoms with Gasteiger partial charge in [0.25, 0.3) is 5.56 Å². The van der Waals surface area contributed by atoms with Crippen LogP contribution < -0.4 is 10.3 Å². The van der Waals surface area contributed by atoms with Crippen LogP contribution in [0, 0.1) is 0 Å². The highest BCUT2D eigenvalue weighted by atomic mass is 35.5. The standard InChI is InChI=1S/C10H15ClN2O4S/c1-3-10(2,15)6-13-18(16,17)7-4-8(11)9(14)12-5-7/h4-5,13,15H,3,6H2,1-2H3,(H,12,14). The lowest BCUT2D eigenvalue weighted by atomic mass is 10.1. The van der Waals surface area contributed by atoms with E-state index in [9.17, 15) is 18.3 Å². The van der Waals surface area contributed by atoms with E-state index in [2.05, 4.69) is 9.71 Å². The number of H-pyrrole nitrogens is 1. The summed E-state index contributed by atoms with van der Waals surface area (Å²) in [5.74, 6) is 0. The molecule has 0 bridgehead atoms. The smallest absolute Gasteiger partial charge is 0.266 e. The van der Waals surface area contributed by atoms with E-state index in [-0.39, 0.29) is 16.5 Å². The molecule has 0 aliphatic heterocycles. The van der Waals surface area contributed by atoms with Gasteiger partial charge in [-0.1, -0.05) is 18.5 Å². The summed E-state index contributed by atoms with van der Waals surface area (Å²) in [6.45, 7) is 3.14. The van der Waals surface area contributed by atoms with Crippen LogP contribution >= 0.6 is 11.6 Å². The highest BCUT2D eigenvalue weighted by molar-refractivity contribution is 7.89. The highest BCUT2D eigenvalue weighted by Crippen LogP contribution is 2.12. The maximum atomic E-state index is 11.9.